The lowest BCUT2D eigenvalue weighted by Gasteiger charge is -2.25. The smallest absolute Gasteiger partial charge is 0.159 e. The fourth-order valence-electron chi connectivity index (χ4n) is 3.77. The van der Waals surface area contributed by atoms with Gasteiger partial charge in [0.25, 0.3) is 0 Å². The first-order valence-electron chi connectivity index (χ1n) is 9.50. The quantitative estimate of drug-likeness (QED) is 0.533. The molecule has 2 aromatic carbocycles. The Morgan fingerprint density at radius 2 is 2.00 bits per heavy atom. The molecule has 160 valence electrons. The number of benzene rings is 2. The zero-order valence-electron chi connectivity index (χ0n) is 16.4. The van der Waals surface area contributed by atoms with E-state index in [1.807, 2.05) is 36.4 Å². The van der Waals surface area contributed by atoms with Gasteiger partial charge in [-0.2, -0.15) is 0 Å². The maximum absolute atomic E-state index is 9.70. The number of fused-ring (bicyclic) bond motifs is 1. The molecule has 1 aliphatic heterocycles. The summed E-state index contributed by atoms with van der Waals surface area (Å²) in [5.74, 6) is 2.07. The molecule has 0 radical (unpaired) electrons. The molecule has 1 unspecified atom stereocenters. The van der Waals surface area contributed by atoms with Crippen molar-refractivity contribution in [1.29, 1.82) is 0 Å². The van der Waals surface area contributed by atoms with Crippen LogP contribution in [0.1, 0.15) is 18.4 Å². The van der Waals surface area contributed by atoms with Crippen LogP contribution in [0.4, 0.5) is 11.6 Å². The second-order valence-corrected chi connectivity index (χ2v) is 7.90. The van der Waals surface area contributed by atoms with Crippen LogP contribution in [0, 0.1) is 0 Å². The molecule has 2 heterocycles. The van der Waals surface area contributed by atoms with E-state index in [0.29, 0.717) is 28.2 Å². The number of methoxy groups -OCH3 is 1. The number of ether oxygens (including phenoxy) is 1. The minimum absolute atomic E-state index is 0. The van der Waals surface area contributed by atoms with Crippen molar-refractivity contribution in [2.24, 2.45) is 0 Å². The highest BCUT2D eigenvalue weighted by Gasteiger charge is 2.27. The third kappa shape index (κ3) is 4.52. The first-order chi connectivity index (χ1) is 14.1. The van der Waals surface area contributed by atoms with Gasteiger partial charge in [-0.15, -0.1) is 22.6 Å². The van der Waals surface area contributed by atoms with Gasteiger partial charge in [0.2, 0.25) is 0 Å². The number of nitrogens with one attached hydrogen (secondary N) is 1. The van der Waals surface area contributed by atoms with Crippen LogP contribution >= 0.6 is 35.6 Å². The zero-order chi connectivity index (χ0) is 20.4. The van der Waals surface area contributed by atoms with Crippen LogP contribution in [-0.4, -0.2) is 41.6 Å². The number of hydrogen-bond acceptors (Lipinski definition) is 6. The lowest BCUT2D eigenvalue weighted by atomic mass is 10.1. The van der Waals surface area contributed by atoms with Gasteiger partial charge >= 0.3 is 0 Å². The summed E-state index contributed by atoms with van der Waals surface area (Å²) in [7, 11) is 1.59. The summed E-state index contributed by atoms with van der Waals surface area (Å²) < 4.78 is 5.20. The van der Waals surface area contributed by atoms with Gasteiger partial charge in [-0.25, -0.2) is 0 Å². The van der Waals surface area contributed by atoms with Crippen molar-refractivity contribution in [1.82, 2.24) is 10.2 Å². The van der Waals surface area contributed by atoms with Gasteiger partial charge in [-0.1, -0.05) is 29.3 Å². The van der Waals surface area contributed by atoms with Crippen molar-refractivity contribution in [3.05, 3.63) is 52.0 Å². The predicted molar refractivity (Wildman–Crippen MR) is 125 cm³/mol. The normalized spacial score (nSPS) is 15.9. The van der Waals surface area contributed by atoms with Crippen molar-refractivity contribution >= 4 is 58.0 Å². The van der Waals surface area contributed by atoms with Gasteiger partial charge in [-0.3, -0.25) is 0 Å². The Hall–Kier alpha value is -1.99. The first-order valence-corrected chi connectivity index (χ1v) is 10.3. The van der Waals surface area contributed by atoms with Gasteiger partial charge in [0.1, 0.15) is 5.75 Å². The molecule has 0 bridgehead atoms. The molecule has 3 aromatic rings. The van der Waals surface area contributed by atoms with Crippen LogP contribution < -0.4 is 15.0 Å². The Bertz CT molecular complexity index is 1030. The number of hydrogen-bond donors (Lipinski definition) is 2. The monoisotopic (exact) mass is 468 g/mol. The summed E-state index contributed by atoms with van der Waals surface area (Å²) in [5.41, 5.74) is 0.997. The molecule has 6 nitrogen and oxygen atoms in total. The Morgan fingerprint density at radius 3 is 2.73 bits per heavy atom. The van der Waals surface area contributed by atoms with Crippen LogP contribution in [0.3, 0.4) is 0 Å². The zero-order valence-corrected chi connectivity index (χ0v) is 18.8. The van der Waals surface area contributed by atoms with Crippen LogP contribution in [0.2, 0.25) is 10.0 Å². The van der Waals surface area contributed by atoms with E-state index in [2.05, 4.69) is 20.4 Å². The number of halogens is 3. The Balaban J connectivity index is 0.00000256. The molecule has 0 aliphatic carbocycles. The highest BCUT2D eigenvalue weighted by atomic mass is 35.5. The fraction of sp³-hybridized carbons (Fsp3) is 0.333. The van der Waals surface area contributed by atoms with Crippen molar-refractivity contribution in [3.8, 4) is 5.75 Å². The molecule has 4 rings (SSSR count). The molecule has 2 N–H and O–H groups in total. The molecule has 9 heteroatoms. The van der Waals surface area contributed by atoms with E-state index >= 15 is 0 Å². The van der Waals surface area contributed by atoms with Crippen LogP contribution in [0.5, 0.6) is 5.75 Å². The van der Waals surface area contributed by atoms with Gasteiger partial charge in [0.15, 0.2) is 11.6 Å². The lowest BCUT2D eigenvalue weighted by Crippen LogP contribution is -2.33. The van der Waals surface area contributed by atoms with Crippen molar-refractivity contribution in [2.75, 3.05) is 30.5 Å². The topological polar surface area (TPSA) is 70.5 Å². The van der Waals surface area contributed by atoms with E-state index < -0.39 is 0 Å². The van der Waals surface area contributed by atoms with E-state index in [1.165, 1.54) is 0 Å². The van der Waals surface area contributed by atoms with Crippen molar-refractivity contribution in [2.45, 2.75) is 25.4 Å². The second-order valence-electron chi connectivity index (χ2n) is 7.06. The highest BCUT2D eigenvalue weighted by Crippen LogP contribution is 2.34. The third-order valence-electron chi connectivity index (χ3n) is 5.26. The number of aliphatic hydroxyl groups excluding tert-OH is 1. The SMILES string of the molecule is COc1ccc(CNc2nnc(N3CCCC3CO)c3ccc(Cl)cc23)cc1Cl.Cl. The van der Waals surface area contributed by atoms with Gasteiger partial charge < -0.3 is 20.1 Å². The van der Waals surface area contributed by atoms with E-state index in [4.69, 9.17) is 27.9 Å². The van der Waals surface area contributed by atoms with E-state index in [-0.39, 0.29) is 25.1 Å². The molecule has 1 saturated heterocycles. The van der Waals surface area contributed by atoms with Crippen LogP contribution in [0.15, 0.2) is 36.4 Å². The Labute approximate surface area is 191 Å². The Morgan fingerprint density at radius 1 is 1.17 bits per heavy atom. The minimum Gasteiger partial charge on any atom is -0.495 e. The summed E-state index contributed by atoms with van der Waals surface area (Å²) in [5, 5.41) is 25.0. The predicted octanol–water partition coefficient (Wildman–Crippen LogP) is 4.94. The molecule has 30 heavy (non-hydrogen) atoms. The first kappa shape index (κ1) is 22.7. The largest absolute Gasteiger partial charge is 0.495 e. The summed E-state index contributed by atoms with van der Waals surface area (Å²) in [6, 6.07) is 11.4. The Kier molecular flexibility index (Phi) is 7.47. The van der Waals surface area contributed by atoms with Gasteiger partial charge in [0.05, 0.1) is 24.8 Å². The average Bonchev–Trinajstić information content (AvgIpc) is 3.20. The van der Waals surface area contributed by atoms with E-state index in [9.17, 15) is 5.11 Å². The van der Waals surface area contributed by atoms with E-state index in [1.54, 1.807) is 7.11 Å². The third-order valence-corrected chi connectivity index (χ3v) is 5.79. The summed E-state index contributed by atoms with van der Waals surface area (Å²) in [4.78, 5) is 2.14. The molecule has 1 aliphatic rings. The minimum atomic E-state index is 0. The molecule has 1 fully saturated rings. The molecule has 0 amide bonds. The standard InChI is InChI=1S/C21H22Cl2N4O2.ClH/c1-29-19-7-4-13(9-18(19)23)11-24-20-17-10-14(22)5-6-16(17)21(26-25-20)27-8-2-3-15(27)12-28;/h4-7,9-10,15,28H,2-3,8,11-12H2,1H3,(H,24,25);1H. The number of aromatic nitrogens is 2. The number of nitrogens with zero attached hydrogens (tertiary/aromatic N) is 3. The maximum Gasteiger partial charge on any atom is 0.159 e. The fourth-order valence-corrected chi connectivity index (χ4v) is 4.22. The van der Waals surface area contributed by atoms with Crippen LogP contribution in [-0.2, 0) is 6.54 Å². The molecule has 1 atom stereocenters. The molecule has 0 saturated carbocycles. The number of anilines is 2. The van der Waals surface area contributed by atoms with Gasteiger partial charge in [-0.05, 0) is 48.7 Å². The van der Waals surface area contributed by atoms with E-state index in [0.717, 1.165) is 41.5 Å². The van der Waals surface area contributed by atoms with Gasteiger partial charge in [0, 0.05) is 28.9 Å². The summed E-state index contributed by atoms with van der Waals surface area (Å²) in [6.45, 7) is 1.49. The number of aliphatic hydroxyl groups is 1. The summed E-state index contributed by atoms with van der Waals surface area (Å²) >= 11 is 12.5. The van der Waals surface area contributed by atoms with Crippen LogP contribution in [0.25, 0.3) is 10.8 Å². The lowest BCUT2D eigenvalue weighted by molar-refractivity contribution is 0.266. The molecular formula is C21H23Cl3N4O2. The maximum atomic E-state index is 9.70. The molecular weight excluding hydrogens is 447 g/mol. The molecule has 0 spiro atoms. The highest BCUT2D eigenvalue weighted by molar-refractivity contribution is 6.32. The van der Waals surface area contributed by atoms with Crippen molar-refractivity contribution in [3.63, 3.8) is 0 Å². The number of rotatable bonds is 6. The average molecular weight is 470 g/mol. The second kappa shape index (κ2) is 9.88. The molecule has 1 aromatic heterocycles. The summed E-state index contributed by atoms with van der Waals surface area (Å²) in [6.07, 6.45) is 1.98. The van der Waals surface area contributed by atoms with Crippen molar-refractivity contribution < 1.29 is 9.84 Å².